The third-order valence-corrected chi connectivity index (χ3v) is 3.99. The van der Waals surface area contributed by atoms with Crippen molar-refractivity contribution < 1.29 is 19.1 Å². The van der Waals surface area contributed by atoms with E-state index in [0.29, 0.717) is 19.7 Å². The number of rotatable bonds is 6. The maximum atomic E-state index is 12.3. The molecule has 1 aliphatic rings. The van der Waals surface area contributed by atoms with Crippen molar-refractivity contribution in [3.8, 4) is 5.75 Å². The van der Waals surface area contributed by atoms with Crippen LogP contribution >= 0.6 is 0 Å². The molecule has 7 nitrogen and oxygen atoms in total. The lowest BCUT2D eigenvalue weighted by Crippen LogP contribution is -2.54. The summed E-state index contributed by atoms with van der Waals surface area (Å²) in [4.78, 5) is 27.5. The molecule has 1 aromatic carbocycles. The van der Waals surface area contributed by atoms with Crippen LogP contribution in [-0.2, 0) is 9.53 Å². The van der Waals surface area contributed by atoms with E-state index in [0.717, 1.165) is 25.4 Å². The Morgan fingerprint density at radius 1 is 1.17 bits per heavy atom. The minimum absolute atomic E-state index is 0.0828. The zero-order chi connectivity index (χ0) is 17.4. The first kappa shape index (κ1) is 18.1. The average molecular weight is 335 g/mol. The van der Waals surface area contributed by atoms with Gasteiger partial charge in [-0.2, -0.15) is 0 Å². The van der Waals surface area contributed by atoms with Crippen molar-refractivity contribution in [3.63, 3.8) is 0 Å². The van der Waals surface area contributed by atoms with Crippen molar-refractivity contribution in [1.29, 1.82) is 0 Å². The largest absolute Gasteiger partial charge is 0.492 e. The van der Waals surface area contributed by atoms with Crippen LogP contribution in [0.25, 0.3) is 0 Å². The minimum atomic E-state index is -0.590. The average Bonchev–Trinajstić information content (AvgIpc) is 2.62. The Morgan fingerprint density at radius 2 is 1.83 bits per heavy atom. The molecule has 7 heteroatoms. The standard InChI is InChI=1S/C17H25N3O4/c1-14(18-17(22)23-2)16(21)20-10-8-19(9-11-20)12-13-24-15-6-4-3-5-7-15/h3-7,14H,8-13H2,1-2H3,(H,18,22). The molecule has 24 heavy (non-hydrogen) atoms. The van der Waals surface area contributed by atoms with Crippen LogP contribution in [0.2, 0.25) is 0 Å². The van der Waals surface area contributed by atoms with Gasteiger partial charge in [-0.25, -0.2) is 4.79 Å². The number of ether oxygens (including phenoxy) is 2. The van der Waals surface area contributed by atoms with Gasteiger partial charge in [0.15, 0.2) is 0 Å². The Hall–Kier alpha value is -2.28. The first-order valence-corrected chi connectivity index (χ1v) is 8.13. The number of methoxy groups -OCH3 is 1. The topological polar surface area (TPSA) is 71.1 Å². The highest BCUT2D eigenvalue weighted by molar-refractivity contribution is 5.85. The van der Waals surface area contributed by atoms with Crippen LogP contribution in [0.3, 0.4) is 0 Å². The van der Waals surface area contributed by atoms with Gasteiger partial charge in [0.05, 0.1) is 7.11 Å². The van der Waals surface area contributed by atoms with Crippen LogP contribution in [0.4, 0.5) is 4.79 Å². The lowest BCUT2D eigenvalue weighted by molar-refractivity contribution is -0.134. The summed E-state index contributed by atoms with van der Waals surface area (Å²) >= 11 is 0. The summed E-state index contributed by atoms with van der Waals surface area (Å²) in [7, 11) is 1.28. The van der Waals surface area contributed by atoms with E-state index in [-0.39, 0.29) is 5.91 Å². The highest BCUT2D eigenvalue weighted by Crippen LogP contribution is 2.09. The van der Waals surface area contributed by atoms with E-state index in [4.69, 9.17) is 4.74 Å². The molecule has 1 saturated heterocycles. The minimum Gasteiger partial charge on any atom is -0.492 e. The summed E-state index contributed by atoms with van der Waals surface area (Å²) in [5, 5.41) is 2.50. The summed E-state index contributed by atoms with van der Waals surface area (Å²) < 4.78 is 10.2. The van der Waals surface area contributed by atoms with Gasteiger partial charge in [-0.15, -0.1) is 0 Å². The quantitative estimate of drug-likeness (QED) is 0.838. The molecule has 0 aliphatic carbocycles. The van der Waals surface area contributed by atoms with E-state index >= 15 is 0 Å². The van der Waals surface area contributed by atoms with Crippen LogP contribution in [0, 0.1) is 0 Å². The van der Waals surface area contributed by atoms with Crippen molar-refractivity contribution in [3.05, 3.63) is 30.3 Å². The number of carbonyl (C=O) groups excluding carboxylic acids is 2. The second kappa shape index (κ2) is 9.12. The van der Waals surface area contributed by atoms with E-state index in [1.54, 1.807) is 11.8 Å². The lowest BCUT2D eigenvalue weighted by atomic mass is 10.2. The molecular weight excluding hydrogens is 310 g/mol. The maximum Gasteiger partial charge on any atom is 0.407 e. The Bertz CT molecular complexity index is 530. The predicted molar refractivity (Wildman–Crippen MR) is 90.0 cm³/mol. The highest BCUT2D eigenvalue weighted by Gasteiger charge is 2.25. The monoisotopic (exact) mass is 335 g/mol. The summed E-state index contributed by atoms with van der Waals surface area (Å²) in [6.07, 6.45) is -0.590. The van der Waals surface area contributed by atoms with E-state index in [1.807, 2.05) is 30.3 Å². The SMILES string of the molecule is COC(=O)NC(C)C(=O)N1CCN(CCOc2ccccc2)CC1. The molecule has 0 spiro atoms. The molecule has 1 aliphatic heterocycles. The molecule has 1 N–H and O–H groups in total. The summed E-state index contributed by atoms with van der Waals surface area (Å²) in [6, 6.07) is 9.15. The first-order chi connectivity index (χ1) is 11.6. The number of carbonyl (C=O) groups is 2. The van der Waals surface area contributed by atoms with Gasteiger partial charge >= 0.3 is 6.09 Å². The number of para-hydroxylation sites is 1. The summed E-state index contributed by atoms with van der Waals surface area (Å²) in [5.41, 5.74) is 0. The molecule has 1 atom stereocenters. The molecule has 2 rings (SSSR count). The van der Waals surface area contributed by atoms with Crippen molar-refractivity contribution in [2.45, 2.75) is 13.0 Å². The highest BCUT2D eigenvalue weighted by atomic mass is 16.5. The summed E-state index contributed by atoms with van der Waals surface area (Å²) in [5.74, 6) is 0.787. The van der Waals surface area contributed by atoms with E-state index < -0.39 is 12.1 Å². The molecular formula is C17H25N3O4. The molecule has 132 valence electrons. The predicted octanol–water partition coefficient (Wildman–Crippen LogP) is 0.954. The molecule has 1 unspecified atom stereocenters. The van der Waals surface area contributed by atoms with Gasteiger partial charge in [-0.05, 0) is 19.1 Å². The van der Waals surface area contributed by atoms with E-state index in [2.05, 4.69) is 15.0 Å². The normalized spacial score (nSPS) is 16.3. The van der Waals surface area contributed by atoms with Crippen molar-refractivity contribution in [2.24, 2.45) is 0 Å². The number of alkyl carbamates (subject to hydrolysis) is 1. The molecule has 0 radical (unpaired) electrons. The van der Waals surface area contributed by atoms with E-state index in [9.17, 15) is 9.59 Å². The third-order valence-electron chi connectivity index (χ3n) is 3.99. The van der Waals surface area contributed by atoms with Gasteiger partial charge in [-0.1, -0.05) is 18.2 Å². The smallest absolute Gasteiger partial charge is 0.407 e. The molecule has 1 fully saturated rings. The number of benzene rings is 1. The Morgan fingerprint density at radius 3 is 2.46 bits per heavy atom. The Kier molecular flexibility index (Phi) is 6.87. The Balaban J connectivity index is 1.67. The lowest BCUT2D eigenvalue weighted by Gasteiger charge is -2.35. The van der Waals surface area contributed by atoms with Gasteiger partial charge in [0, 0.05) is 32.7 Å². The van der Waals surface area contributed by atoms with Gasteiger partial charge in [0.25, 0.3) is 0 Å². The van der Waals surface area contributed by atoms with Gasteiger partial charge in [0.2, 0.25) is 5.91 Å². The van der Waals surface area contributed by atoms with Crippen molar-refractivity contribution >= 4 is 12.0 Å². The van der Waals surface area contributed by atoms with Gasteiger partial charge < -0.3 is 19.7 Å². The van der Waals surface area contributed by atoms with Crippen LogP contribution in [0.1, 0.15) is 6.92 Å². The number of piperazine rings is 1. The van der Waals surface area contributed by atoms with Crippen molar-refractivity contribution in [2.75, 3.05) is 46.4 Å². The third kappa shape index (κ3) is 5.42. The van der Waals surface area contributed by atoms with Gasteiger partial charge in [-0.3, -0.25) is 9.69 Å². The molecule has 0 bridgehead atoms. The number of nitrogens with one attached hydrogen (secondary N) is 1. The number of amides is 2. The molecule has 0 saturated carbocycles. The number of hydrogen-bond donors (Lipinski definition) is 1. The number of nitrogens with zero attached hydrogens (tertiary/aromatic N) is 2. The fourth-order valence-corrected chi connectivity index (χ4v) is 2.57. The van der Waals surface area contributed by atoms with Crippen LogP contribution < -0.4 is 10.1 Å². The molecule has 1 aromatic rings. The fraction of sp³-hybridized carbons (Fsp3) is 0.529. The van der Waals surface area contributed by atoms with Crippen LogP contribution in [0.15, 0.2) is 30.3 Å². The molecule has 0 aromatic heterocycles. The van der Waals surface area contributed by atoms with Crippen LogP contribution in [-0.4, -0.2) is 74.3 Å². The first-order valence-electron chi connectivity index (χ1n) is 8.13. The van der Waals surface area contributed by atoms with Gasteiger partial charge in [0.1, 0.15) is 18.4 Å². The van der Waals surface area contributed by atoms with Crippen molar-refractivity contribution in [1.82, 2.24) is 15.1 Å². The summed E-state index contributed by atoms with van der Waals surface area (Å²) in [6.45, 7) is 6.02. The zero-order valence-corrected chi connectivity index (χ0v) is 14.2. The van der Waals surface area contributed by atoms with Crippen LogP contribution in [0.5, 0.6) is 5.75 Å². The molecule has 1 heterocycles. The maximum absolute atomic E-state index is 12.3. The second-order valence-electron chi connectivity index (χ2n) is 5.69. The fourth-order valence-electron chi connectivity index (χ4n) is 2.57. The molecule has 2 amide bonds. The second-order valence-corrected chi connectivity index (χ2v) is 5.69. The van der Waals surface area contributed by atoms with E-state index in [1.165, 1.54) is 7.11 Å². The Labute approximate surface area is 142 Å². The zero-order valence-electron chi connectivity index (χ0n) is 14.2. The number of hydrogen-bond acceptors (Lipinski definition) is 5.